The summed E-state index contributed by atoms with van der Waals surface area (Å²) in [7, 11) is 0. The van der Waals surface area contributed by atoms with Crippen molar-refractivity contribution in [1.29, 1.82) is 0 Å². The van der Waals surface area contributed by atoms with Crippen LogP contribution < -0.4 is 10.6 Å². The molecule has 2 aliphatic rings. The van der Waals surface area contributed by atoms with Gasteiger partial charge in [0.05, 0.1) is 0 Å². The van der Waals surface area contributed by atoms with E-state index in [1.165, 1.54) is 4.90 Å². The minimum absolute atomic E-state index is 0.00192. The van der Waals surface area contributed by atoms with Crippen LogP contribution in [0.2, 0.25) is 0 Å². The highest BCUT2D eigenvalue weighted by Gasteiger charge is 2.35. The Morgan fingerprint density at radius 1 is 1.03 bits per heavy atom. The van der Waals surface area contributed by atoms with Gasteiger partial charge in [-0.3, -0.25) is 4.79 Å². The normalized spacial score (nSPS) is 25.7. The van der Waals surface area contributed by atoms with E-state index in [1.807, 2.05) is 51.1 Å². The van der Waals surface area contributed by atoms with Gasteiger partial charge in [-0.2, -0.15) is 0 Å². The molecule has 1 aromatic rings. The average molecular weight is 460 g/mol. The first-order valence-electron chi connectivity index (χ1n) is 11.9. The van der Waals surface area contributed by atoms with Gasteiger partial charge in [-0.15, -0.1) is 0 Å². The second kappa shape index (κ2) is 10.9. The summed E-state index contributed by atoms with van der Waals surface area (Å²) in [5, 5.41) is 15.7. The maximum Gasteiger partial charge on any atom is 0.407 e. The van der Waals surface area contributed by atoms with Crippen molar-refractivity contribution in [2.45, 2.75) is 89.4 Å². The minimum atomic E-state index is -0.913. The van der Waals surface area contributed by atoms with Crippen LogP contribution in [0.3, 0.4) is 0 Å². The average Bonchev–Trinajstić information content (AvgIpc) is 2.73. The number of rotatable bonds is 5. The smallest absolute Gasteiger partial charge is 0.407 e. The zero-order valence-corrected chi connectivity index (χ0v) is 19.9. The van der Waals surface area contributed by atoms with Crippen molar-refractivity contribution in [1.82, 2.24) is 15.5 Å². The van der Waals surface area contributed by atoms with E-state index < -0.39 is 17.8 Å². The van der Waals surface area contributed by atoms with Crippen LogP contribution in [0.15, 0.2) is 30.3 Å². The van der Waals surface area contributed by atoms with E-state index in [1.54, 1.807) is 0 Å². The Labute approximate surface area is 196 Å². The standard InChI is InChI=1S/C25H37N3O5/c1-25(2,3)33-23(30)27-19-11-7-10-18(15-19)22(29)26-20-12-13-28(24(31)32)21(16-20)14-17-8-5-4-6-9-17/h4-6,8-9,18-21H,7,10-16H2,1-3H3,(H,26,29)(H,27,30)(H,31,32)/t18-,19+,20?,21?/m0/s1. The van der Waals surface area contributed by atoms with E-state index in [9.17, 15) is 19.5 Å². The van der Waals surface area contributed by atoms with Crippen LogP contribution in [0.4, 0.5) is 9.59 Å². The number of benzene rings is 1. The van der Waals surface area contributed by atoms with Gasteiger partial charge < -0.3 is 25.4 Å². The molecule has 1 aromatic carbocycles. The van der Waals surface area contributed by atoms with Crippen molar-refractivity contribution in [3.05, 3.63) is 35.9 Å². The molecule has 0 spiro atoms. The van der Waals surface area contributed by atoms with Gasteiger partial charge in [0.2, 0.25) is 5.91 Å². The van der Waals surface area contributed by atoms with Gasteiger partial charge in [0.25, 0.3) is 0 Å². The lowest BCUT2D eigenvalue weighted by Gasteiger charge is -2.39. The summed E-state index contributed by atoms with van der Waals surface area (Å²) in [6, 6.07) is 9.55. The summed E-state index contributed by atoms with van der Waals surface area (Å²) in [6.07, 6.45) is 3.56. The number of hydrogen-bond donors (Lipinski definition) is 3. The number of likely N-dealkylation sites (tertiary alicyclic amines) is 1. The number of carbonyl (C=O) groups excluding carboxylic acids is 2. The number of nitrogens with one attached hydrogen (secondary N) is 2. The lowest BCUT2D eigenvalue weighted by Crippen LogP contribution is -2.53. The number of carboxylic acid groups (broad SMARTS) is 1. The summed E-state index contributed by atoms with van der Waals surface area (Å²) >= 11 is 0. The van der Waals surface area contributed by atoms with Gasteiger partial charge in [-0.05, 0) is 64.9 Å². The molecule has 2 fully saturated rings. The van der Waals surface area contributed by atoms with Gasteiger partial charge in [0.1, 0.15) is 5.60 Å². The molecule has 1 saturated carbocycles. The Bertz CT molecular complexity index is 823. The summed E-state index contributed by atoms with van der Waals surface area (Å²) in [4.78, 5) is 38.4. The van der Waals surface area contributed by atoms with E-state index >= 15 is 0 Å². The number of amides is 3. The predicted molar refractivity (Wildman–Crippen MR) is 125 cm³/mol. The molecule has 33 heavy (non-hydrogen) atoms. The third kappa shape index (κ3) is 7.65. The molecule has 1 heterocycles. The summed E-state index contributed by atoms with van der Waals surface area (Å²) < 4.78 is 5.34. The highest BCUT2D eigenvalue weighted by molar-refractivity contribution is 5.79. The van der Waals surface area contributed by atoms with Crippen molar-refractivity contribution in [3.63, 3.8) is 0 Å². The highest BCUT2D eigenvalue weighted by atomic mass is 16.6. The van der Waals surface area contributed by atoms with E-state index in [-0.39, 0.29) is 30.0 Å². The third-order valence-electron chi connectivity index (χ3n) is 6.39. The molecule has 1 saturated heterocycles. The molecule has 0 bridgehead atoms. The molecular formula is C25H37N3O5. The zero-order chi connectivity index (χ0) is 24.0. The van der Waals surface area contributed by atoms with Gasteiger partial charge in [-0.25, -0.2) is 9.59 Å². The second-order valence-corrected chi connectivity index (χ2v) is 10.3. The summed E-state index contributed by atoms with van der Waals surface area (Å²) in [5.41, 5.74) is 0.528. The van der Waals surface area contributed by atoms with Crippen LogP contribution in [-0.4, -0.2) is 58.4 Å². The molecule has 8 heteroatoms. The van der Waals surface area contributed by atoms with Crippen molar-refractivity contribution in [3.8, 4) is 0 Å². The Kier molecular flexibility index (Phi) is 8.21. The third-order valence-corrected chi connectivity index (χ3v) is 6.39. The SMILES string of the molecule is CC(C)(C)OC(=O)N[C@@H]1CCC[C@H](C(=O)NC2CCN(C(=O)O)C(Cc3ccccc3)C2)C1. The topological polar surface area (TPSA) is 108 Å². The highest BCUT2D eigenvalue weighted by Crippen LogP contribution is 2.27. The first kappa shape index (κ1) is 24.9. The zero-order valence-electron chi connectivity index (χ0n) is 19.9. The fourth-order valence-electron chi connectivity index (χ4n) is 4.87. The molecule has 1 aliphatic heterocycles. The monoisotopic (exact) mass is 459 g/mol. The molecular weight excluding hydrogens is 422 g/mol. The lowest BCUT2D eigenvalue weighted by molar-refractivity contribution is -0.127. The summed E-state index contributed by atoms with van der Waals surface area (Å²) in [5.74, 6) is -0.165. The van der Waals surface area contributed by atoms with Crippen molar-refractivity contribution < 1.29 is 24.2 Å². The van der Waals surface area contributed by atoms with Gasteiger partial charge in [-0.1, -0.05) is 36.8 Å². The van der Waals surface area contributed by atoms with Crippen molar-refractivity contribution in [2.24, 2.45) is 5.92 Å². The largest absolute Gasteiger partial charge is 0.465 e. The molecule has 8 nitrogen and oxygen atoms in total. The fraction of sp³-hybridized carbons (Fsp3) is 0.640. The van der Waals surface area contributed by atoms with E-state index in [0.29, 0.717) is 32.2 Å². The Morgan fingerprint density at radius 2 is 1.73 bits per heavy atom. The summed E-state index contributed by atoms with van der Waals surface area (Å²) in [6.45, 7) is 5.88. The number of piperidine rings is 1. The first-order valence-corrected chi connectivity index (χ1v) is 11.9. The van der Waals surface area contributed by atoms with Crippen molar-refractivity contribution >= 4 is 18.1 Å². The first-order chi connectivity index (χ1) is 15.6. The maximum absolute atomic E-state index is 13.0. The number of carbonyl (C=O) groups is 3. The Balaban J connectivity index is 1.54. The van der Waals surface area contributed by atoms with Crippen LogP contribution in [0.1, 0.15) is 64.9 Å². The molecule has 0 aromatic heterocycles. The lowest BCUT2D eigenvalue weighted by atomic mass is 9.84. The number of ether oxygens (including phenoxy) is 1. The molecule has 3 rings (SSSR count). The van der Waals surface area contributed by atoms with Crippen LogP contribution >= 0.6 is 0 Å². The second-order valence-electron chi connectivity index (χ2n) is 10.3. The van der Waals surface area contributed by atoms with Gasteiger partial charge >= 0.3 is 12.2 Å². The quantitative estimate of drug-likeness (QED) is 0.618. The maximum atomic E-state index is 13.0. The van der Waals surface area contributed by atoms with Crippen LogP contribution in [0.25, 0.3) is 0 Å². The van der Waals surface area contributed by atoms with E-state index in [2.05, 4.69) is 10.6 Å². The molecule has 3 amide bonds. The number of nitrogens with zero attached hydrogens (tertiary/aromatic N) is 1. The molecule has 0 radical (unpaired) electrons. The van der Waals surface area contributed by atoms with Crippen LogP contribution in [-0.2, 0) is 16.0 Å². The van der Waals surface area contributed by atoms with Crippen LogP contribution in [0.5, 0.6) is 0 Å². The van der Waals surface area contributed by atoms with Gasteiger partial charge in [0, 0.05) is 30.6 Å². The molecule has 4 atom stereocenters. The molecule has 2 unspecified atom stereocenters. The van der Waals surface area contributed by atoms with Crippen molar-refractivity contribution in [2.75, 3.05) is 6.54 Å². The molecule has 182 valence electrons. The minimum Gasteiger partial charge on any atom is -0.465 e. The van der Waals surface area contributed by atoms with Crippen LogP contribution in [0, 0.1) is 5.92 Å². The Morgan fingerprint density at radius 3 is 2.39 bits per heavy atom. The fourth-order valence-corrected chi connectivity index (χ4v) is 4.87. The number of alkyl carbamates (subject to hydrolysis) is 1. The molecule has 1 aliphatic carbocycles. The molecule has 3 N–H and O–H groups in total. The van der Waals surface area contributed by atoms with Gasteiger partial charge in [0.15, 0.2) is 0 Å². The number of hydrogen-bond acceptors (Lipinski definition) is 4. The van der Waals surface area contributed by atoms with E-state index in [4.69, 9.17) is 4.74 Å². The Hall–Kier alpha value is -2.77. The predicted octanol–water partition coefficient (Wildman–Crippen LogP) is 3.94. The van der Waals surface area contributed by atoms with E-state index in [0.717, 1.165) is 24.8 Å².